The lowest BCUT2D eigenvalue weighted by Gasteiger charge is -2.02. The highest BCUT2D eigenvalue weighted by Gasteiger charge is 2.13. The Morgan fingerprint density at radius 2 is 1.88 bits per heavy atom. The summed E-state index contributed by atoms with van der Waals surface area (Å²) in [4.78, 5) is 0. The first-order valence-electron chi connectivity index (χ1n) is 7.34. The van der Waals surface area contributed by atoms with E-state index in [1.165, 1.54) is 23.2 Å². The topological polar surface area (TPSA) is 83.2 Å². The van der Waals surface area contributed by atoms with Crippen LogP contribution in [0.4, 0.5) is 0 Å². The Hall–Kier alpha value is -1.61. The van der Waals surface area contributed by atoms with Crippen LogP contribution in [0, 0.1) is 0 Å². The molecule has 0 atom stereocenters. The molecule has 0 N–H and O–H groups in total. The van der Waals surface area contributed by atoms with Crippen molar-refractivity contribution in [1.29, 1.82) is 0 Å². The molecule has 3 rings (SSSR count). The molecule has 0 aliphatic carbocycles. The minimum atomic E-state index is -4.42. The third-order valence-electron chi connectivity index (χ3n) is 3.22. The van der Waals surface area contributed by atoms with Crippen LogP contribution in [0.25, 0.3) is 21.8 Å². The van der Waals surface area contributed by atoms with Crippen LogP contribution in [-0.4, -0.2) is 24.7 Å². The normalized spacial score (nSPS) is 11.3. The molecule has 0 radical (unpaired) electrons. The number of benzene rings is 2. The summed E-state index contributed by atoms with van der Waals surface area (Å²) in [7, 11) is -4.42. The van der Waals surface area contributed by atoms with Crippen molar-refractivity contribution in [3.05, 3.63) is 46.9 Å². The SMILES string of the molecule is CCOS(=O)(=O)[O-].CC[n+]1nc2ccccc2c2cc(Br)ccc21. The van der Waals surface area contributed by atoms with Gasteiger partial charge in [0.2, 0.25) is 15.9 Å². The standard InChI is InChI=1S/C14H12BrN2.C2H6O4S/c1-2-17-14-8-7-10(15)9-12(14)11-5-3-4-6-13(11)16-17;1-2-6-7(3,4)5/h3-9H,2H2,1H3;2H2,1H3,(H,3,4,5)/q+1;/p-1. The minimum Gasteiger partial charge on any atom is -0.726 e. The Morgan fingerprint density at radius 3 is 2.46 bits per heavy atom. The Bertz CT molecular complexity index is 961. The summed E-state index contributed by atoms with van der Waals surface area (Å²) in [5.74, 6) is 0. The van der Waals surface area contributed by atoms with Gasteiger partial charge in [0.25, 0.3) is 0 Å². The van der Waals surface area contributed by atoms with Crippen LogP contribution in [0.3, 0.4) is 0 Å². The zero-order valence-corrected chi connectivity index (χ0v) is 15.7. The molecule has 3 aromatic rings. The predicted molar refractivity (Wildman–Crippen MR) is 94.1 cm³/mol. The molecule has 24 heavy (non-hydrogen) atoms. The highest BCUT2D eigenvalue weighted by molar-refractivity contribution is 9.10. The first kappa shape index (κ1) is 18.7. The van der Waals surface area contributed by atoms with Crippen LogP contribution >= 0.6 is 15.9 Å². The van der Waals surface area contributed by atoms with Gasteiger partial charge in [-0.25, -0.2) is 8.42 Å². The van der Waals surface area contributed by atoms with Gasteiger partial charge < -0.3 is 4.55 Å². The van der Waals surface area contributed by atoms with Gasteiger partial charge in [-0.15, -0.1) is 0 Å². The zero-order valence-electron chi connectivity index (χ0n) is 13.3. The molecule has 0 amide bonds. The number of nitrogens with zero attached hydrogens (tertiary/aromatic N) is 2. The Kier molecular flexibility index (Phi) is 6.22. The van der Waals surface area contributed by atoms with Crippen LogP contribution in [0.2, 0.25) is 0 Å². The molecule has 2 aromatic carbocycles. The zero-order chi connectivity index (χ0) is 17.7. The number of hydrogen-bond acceptors (Lipinski definition) is 5. The van der Waals surface area contributed by atoms with Crippen LogP contribution < -0.4 is 4.68 Å². The molecule has 1 aromatic heterocycles. The maximum absolute atomic E-state index is 9.45. The lowest BCUT2D eigenvalue weighted by Crippen LogP contribution is -2.37. The second-order valence-electron chi connectivity index (χ2n) is 4.81. The van der Waals surface area contributed by atoms with E-state index in [1.54, 1.807) is 0 Å². The monoisotopic (exact) mass is 412 g/mol. The first-order chi connectivity index (χ1) is 11.4. The van der Waals surface area contributed by atoms with Crippen molar-refractivity contribution in [3.8, 4) is 0 Å². The fraction of sp³-hybridized carbons (Fsp3) is 0.250. The highest BCUT2D eigenvalue weighted by Crippen LogP contribution is 2.24. The van der Waals surface area contributed by atoms with Crippen molar-refractivity contribution in [2.24, 2.45) is 0 Å². The van der Waals surface area contributed by atoms with E-state index in [0.29, 0.717) is 0 Å². The quantitative estimate of drug-likeness (QED) is 0.285. The molecule has 0 aliphatic heterocycles. The van der Waals surface area contributed by atoms with Crippen molar-refractivity contribution in [3.63, 3.8) is 0 Å². The van der Waals surface area contributed by atoms with E-state index < -0.39 is 10.4 Å². The van der Waals surface area contributed by atoms with E-state index in [0.717, 1.165) is 16.5 Å². The summed E-state index contributed by atoms with van der Waals surface area (Å²) in [5, 5.41) is 7.10. The van der Waals surface area contributed by atoms with Gasteiger partial charge in [0, 0.05) is 21.0 Å². The van der Waals surface area contributed by atoms with E-state index in [4.69, 9.17) is 0 Å². The number of hydrogen-bond donors (Lipinski definition) is 0. The van der Waals surface area contributed by atoms with Gasteiger partial charge >= 0.3 is 0 Å². The Labute approximate surface area is 149 Å². The molecular formula is C16H17BrN2O4S. The van der Waals surface area contributed by atoms with Crippen molar-refractivity contribution in [2.45, 2.75) is 20.4 Å². The van der Waals surface area contributed by atoms with Crippen LogP contribution in [-0.2, 0) is 21.1 Å². The molecule has 128 valence electrons. The molecule has 0 fully saturated rings. The summed E-state index contributed by atoms with van der Waals surface area (Å²) < 4.78 is 35.2. The number of halogens is 1. The van der Waals surface area contributed by atoms with Gasteiger partial charge in [-0.1, -0.05) is 38.8 Å². The van der Waals surface area contributed by atoms with Gasteiger partial charge in [-0.2, -0.15) is 0 Å². The number of rotatable bonds is 3. The van der Waals surface area contributed by atoms with Crippen molar-refractivity contribution < 1.29 is 21.8 Å². The van der Waals surface area contributed by atoms with Crippen LogP contribution in [0.15, 0.2) is 46.9 Å². The Balaban J connectivity index is 0.000000256. The summed E-state index contributed by atoms with van der Waals surface area (Å²) in [5.41, 5.74) is 2.22. The maximum atomic E-state index is 9.45. The predicted octanol–water partition coefficient (Wildman–Crippen LogP) is 2.94. The average Bonchev–Trinajstić information content (AvgIpc) is 2.53. The van der Waals surface area contributed by atoms with Crippen LogP contribution in [0.5, 0.6) is 0 Å². The maximum Gasteiger partial charge on any atom is 0.239 e. The largest absolute Gasteiger partial charge is 0.726 e. The summed E-state index contributed by atoms with van der Waals surface area (Å²) >= 11 is 3.53. The third-order valence-corrected chi connectivity index (χ3v) is 4.24. The van der Waals surface area contributed by atoms with Gasteiger partial charge in [0.05, 0.1) is 12.0 Å². The summed E-state index contributed by atoms with van der Waals surface area (Å²) in [6, 6.07) is 14.6. The molecule has 0 bridgehead atoms. The highest BCUT2D eigenvalue weighted by atomic mass is 79.9. The van der Waals surface area contributed by atoms with E-state index in [1.807, 2.05) is 10.7 Å². The molecule has 1 heterocycles. The summed E-state index contributed by atoms with van der Waals surface area (Å²) in [6.07, 6.45) is 0. The average molecular weight is 413 g/mol. The van der Waals surface area contributed by atoms with Gasteiger partial charge in [0.1, 0.15) is 5.52 Å². The molecule has 0 aliphatic rings. The Morgan fingerprint density at radius 1 is 1.17 bits per heavy atom. The number of aryl methyl sites for hydroxylation is 1. The molecule has 0 saturated heterocycles. The second-order valence-corrected chi connectivity index (χ2v) is 6.78. The summed E-state index contributed by atoms with van der Waals surface area (Å²) in [6.45, 7) is 4.33. The van der Waals surface area contributed by atoms with Gasteiger partial charge in [-0.3, -0.25) is 4.18 Å². The van der Waals surface area contributed by atoms with Gasteiger partial charge in [-0.05, 0) is 32.0 Å². The fourth-order valence-electron chi connectivity index (χ4n) is 2.31. The molecule has 0 saturated carbocycles. The van der Waals surface area contributed by atoms with Crippen molar-refractivity contribution in [2.75, 3.05) is 6.61 Å². The smallest absolute Gasteiger partial charge is 0.239 e. The van der Waals surface area contributed by atoms with E-state index in [-0.39, 0.29) is 6.61 Å². The second kappa shape index (κ2) is 7.98. The molecular weight excluding hydrogens is 396 g/mol. The van der Waals surface area contributed by atoms with E-state index in [2.05, 4.69) is 68.5 Å². The molecule has 0 unspecified atom stereocenters. The van der Waals surface area contributed by atoms with E-state index in [9.17, 15) is 13.0 Å². The van der Waals surface area contributed by atoms with E-state index >= 15 is 0 Å². The molecule has 0 spiro atoms. The third kappa shape index (κ3) is 4.70. The fourth-order valence-corrected chi connectivity index (χ4v) is 2.96. The lowest BCUT2D eigenvalue weighted by atomic mass is 10.1. The van der Waals surface area contributed by atoms with Crippen molar-refractivity contribution in [1.82, 2.24) is 5.10 Å². The van der Waals surface area contributed by atoms with Crippen molar-refractivity contribution >= 4 is 48.1 Å². The van der Waals surface area contributed by atoms with Gasteiger partial charge in [0.15, 0.2) is 6.54 Å². The molecule has 6 nitrogen and oxygen atoms in total. The molecule has 8 heteroatoms. The minimum absolute atomic E-state index is 0.0914. The lowest BCUT2D eigenvalue weighted by molar-refractivity contribution is -0.724. The number of aromatic nitrogens is 2. The number of fused-ring (bicyclic) bond motifs is 3. The van der Waals surface area contributed by atoms with Crippen LogP contribution in [0.1, 0.15) is 13.8 Å². The first-order valence-corrected chi connectivity index (χ1v) is 9.46.